The van der Waals surface area contributed by atoms with Crippen LogP contribution < -0.4 is 4.74 Å². The zero-order chi connectivity index (χ0) is 9.84. The average Bonchev–Trinajstić information content (AvgIpc) is 2.11. The summed E-state index contributed by atoms with van der Waals surface area (Å²) in [6.45, 7) is 1.73. The Kier molecular flexibility index (Phi) is 3.51. The van der Waals surface area contributed by atoms with E-state index in [1.165, 1.54) is 12.1 Å². The van der Waals surface area contributed by atoms with E-state index in [0.29, 0.717) is 11.6 Å². The molecule has 0 aromatic heterocycles. The standard InChI is InChI=1S/C9H10ClFO2/c1-2-13-8-4-7(10)3-6(5-12)9(8)11/h3-4,12H,2,5H2,1H3. The van der Waals surface area contributed by atoms with E-state index in [4.69, 9.17) is 21.4 Å². The number of halogens is 2. The Morgan fingerprint density at radius 2 is 2.23 bits per heavy atom. The highest BCUT2D eigenvalue weighted by atomic mass is 35.5. The van der Waals surface area contributed by atoms with E-state index in [1.807, 2.05) is 0 Å². The second kappa shape index (κ2) is 4.44. The van der Waals surface area contributed by atoms with Gasteiger partial charge in [-0.1, -0.05) is 11.6 Å². The molecule has 0 amide bonds. The lowest BCUT2D eigenvalue weighted by Crippen LogP contribution is -1.98. The van der Waals surface area contributed by atoms with Crippen LogP contribution in [0.1, 0.15) is 12.5 Å². The Balaban J connectivity index is 3.11. The summed E-state index contributed by atoms with van der Waals surface area (Å²) in [7, 11) is 0. The summed E-state index contributed by atoms with van der Waals surface area (Å²) in [6, 6.07) is 2.76. The summed E-state index contributed by atoms with van der Waals surface area (Å²) in [6.07, 6.45) is 0. The molecule has 0 fully saturated rings. The molecule has 0 saturated carbocycles. The summed E-state index contributed by atoms with van der Waals surface area (Å²) >= 11 is 5.68. The Hall–Kier alpha value is -0.800. The second-order valence-electron chi connectivity index (χ2n) is 2.47. The monoisotopic (exact) mass is 204 g/mol. The summed E-state index contributed by atoms with van der Waals surface area (Å²) < 4.78 is 18.3. The van der Waals surface area contributed by atoms with Crippen molar-refractivity contribution in [2.24, 2.45) is 0 Å². The van der Waals surface area contributed by atoms with Gasteiger partial charge < -0.3 is 9.84 Å². The minimum absolute atomic E-state index is 0.0825. The zero-order valence-corrected chi connectivity index (χ0v) is 7.94. The quantitative estimate of drug-likeness (QED) is 0.819. The van der Waals surface area contributed by atoms with Crippen LogP contribution in [0.5, 0.6) is 5.75 Å². The van der Waals surface area contributed by atoms with Crippen LogP contribution in [-0.4, -0.2) is 11.7 Å². The van der Waals surface area contributed by atoms with Gasteiger partial charge in [0.1, 0.15) is 0 Å². The minimum atomic E-state index is -0.547. The molecule has 0 atom stereocenters. The molecule has 0 bridgehead atoms. The van der Waals surface area contributed by atoms with Gasteiger partial charge in [-0.05, 0) is 13.0 Å². The highest BCUT2D eigenvalue weighted by molar-refractivity contribution is 6.30. The molecule has 0 unspecified atom stereocenters. The molecule has 1 aromatic carbocycles. The van der Waals surface area contributed by atoms with Gasteiger partial charge in [0, 0.05) is 16.7 Å². The van der Waals surface area contributed by atoms with Crippen molar-refractivity contribution in [3.8, 4) is 5.75 Å². The number of hydrogen-bond donors (Lipinski definition) is 1. The third-order valence-corrected chi connectivity index (χ3v) is 1.77. The first-order valence-electron chi connectivity index (χ1n) is 3.90. The molecule has 0 aliphatic heterocycles. The Morgan fingerprint density at radius 1 is 1.54 bits per heavy atom. The van der Waals surface area contributed by atoms with Crippen LogP contribution in [0.4, 0.5) is 4.39 Å². The predicted molar refractivity (Wildman–Crippen MR) is 48.5 cm³/mol. The average molecular weight is 205 g/mol. The second-order valence-corrected chi connectivity index (χ2v) is 2.90. The van der Waals surface area contributed by atoms with Crippen molar-refractivity contribution in [3.05, 3.63) is 28.5 Å². The van der Waals surface area contributed by atoms with E-state index in [1.54, 1.807) is 6.92 Å². The molecule has 4 heteroatoms. The first kappa shape index (κ1) is 10.3. The Labute approximate surface area is 80.9 Å². The fourth-order valence-corrected chi connectivity index (χ4v) is 1.22. The zero-order valence-electron chi connectivity index (χ0n) is 7.18. The first-order chi connectivity index (χ1) is 6.19. The third-order valence-electron chi connectivity index (χ3n) is 1.55. The van der Waals surface area contributed by atoms with E-state index in [2.05, 4.69) is 0 Å². The Bertz CT molecular complexity index is 302. The van der Waals surface area contributed by atoms with Gasteiger partial charge in [-0.15, -0.1) is 0 Å². The van der Waals surface area contributed by atoms with Crippen molar-refractivity contribution < 1.29 is 14.2 Å². The highest BCUT2D eigenvalue weighted by Gasteiger charge is 2.09. The van der Waals surface area contributed by atoms with Gasteiger partial charge in [0.2, 0.25) is 0 Å². The van der Waals surface area contributed by atoms with Gasteiger partial charge in [-0.2, -0.15) is 0 Å². The SMILES string of the molecule is CCOc1cc(Cl)cc(CO)c1F. The molecule has 13 heavy (non-hydrogen) atoms. The van der Waals surface area contributed by atoms with Gasteiger partial charge >= 0.3 is 0 Å². The predicted octanol–water partition coefficient (Wildman–Crippen LogP) is 2.37. The Morgan fingerprint density at radius 3 is 2.77 bits per heavy atom. The van der Waals surface area contributed by atoms with Gasteiger partial charge in [-0.3, -0.25) is 0 Å². The van der Waals surface area contributed by atoms with Crippen molar-refractivity contribution in [3.63, 3.8) is 0 Å². The van der Waals surface area contributed by atoms with Crippen LogP contribution in [0, 0.1) is 5.82 Å². The normalized spacial score (nSPS) is 10.2. The van der Waals surface area contributed by atoms with Crippen molar-refractivity contribution in [1.82, 2.24) is 0 Å². The fraction of sp³-hybridized carbons (Fsp3) is 0.333. The van der Waals surface area contributed by atoms with E-state index >= 15 is 0 Å². The lowest BCUT2D eigenvalue weighted by atomic mass is 10.2. The molecule has 0 spiro atoms. The van der Waals surface area contributed by atoms with Crippen LogP contribution >= 0.6 is 11.6 Å². The highest BCUT2D eigenvalue weighted by Crippen LogP contribution is 2.25. The molecule has 2 nitrogen and oxygen atoms in total. The maximum atomic E-state index is 13.3. The lowest BCUT2D eigenvalue weighted by molar-refractivity contribution is 0.269. The van der Waals surface area contributed by atoms with Crippen molar-refractivity contribution >= 4 is 11.6 Å². The number of aliphatic hydroxyl groups is 1. The molecular formula is C9H10ClFO2. The number of rotatable bonds is 3. The number of hydrogen-bond acceptors (Lipinski definition) is 2. The van der Waals surface area contributed by atoms with Crippen LogP contribution in [0.2, 0.25) is 5.02 Å². The molecule has 0 saturated heterocycles. The molecular weight excluding hydrogens is 195 g/mol. The molecule has 0 radical (unpaired) electrons. The lowest BCUT2D eigenvalue weighted by Gasteiger charge is -2.07. The summed E-state index contributed by atoms with van der Waals surface area (Å²) in [4.78, 5) is 0. The molecule has 72 valence electrons. The van der Waals surface area contributed by atoms with Crippen LogP contribution in [0.15, 0.2) is 12.1 Å². The number of ether oxygens (including phenoxy) is 1. The molecule has 1 N–H and O–H groups in total. The van der Waals surface area contributed by atoms with Crippen LogP contribution in [-0.2, 0) is 6.61 Å². The van der Waals surface area contributed by atoms with E-state index in [-0.39, 0.29) is 17.9 Å². The van der Waals surface area contributed by atoms with Crippen molar-refractivity contribution in [2.75, 3.05) is 6.61 Å². The minimum Gasteiger partial charge on any atom is -0.491 e. The largest absolute Gasteiger partial charge is 0.491 e. The topological polar surface area (TPSA) is 29.5 Å². The number of aliphatic hydroxyl groups excluding tert-OH is 1. The van der Waals surface area contributed by atoms with E-state index in [9.17, 15) is 4.39 Å². The third kappa shape index (κ3) is 2.32. The van der Waals surface area contributed by atoms with E-state index < -0.39 is 5.82 Å². The molecule has 1 aromatic rings. The molecule has 1 rings (SSSR count). The maximum Gasteiger partial charge on any atom is 0.170 e. The van der Waals surface area contributed by atoms with Crippen LogP contribution in [0.3, 0.4) is 0 Å². The molecule has 0 aliphatic rings. The smallest absolute Gasteiger partial charge is 0.170 e. The van der Waals surface area contributed by atoms with Crippen molar-refractivity contribution in [2.45, 2.75) is 13.5 Å². The summed E-state index contributed by atoms with van der Waals surface area (Å²) in [5.41, 5.74) is 0.149. The van der Waals surface area contributed by atoms with Gasteiger partial charge in [0.25, 0.3) is 0 Å². The fourth-order valence-electron chi connectivity index (χ4n) is 0.994. The van der Waals surface area contributed by atoms with Crippen LogP contribution in [0.25, 0.3) is 0 Å². The first-order valence-corrected chi connectivity index (χ1v) is 4.28. The maximum absolute atomic E-state index is 13.3. The van der Waals surface area contributed by atoms with Gasteiger partial charge in [-0.25, -0.2) is 4.39 Å². The van der Waals surface area contributed by atoms with Gasteiger partial charge in [0.15, 0.2) is 11.6 Å². The number of benzene rings is 1. The molecule has 0 aliphatic carbocycles. The summed E-state index contributed by atoms with van der Waals surface area (Å²) in [5.74, 6) is -0.465. The summed E-state index contributed by atoms with van der Waals surface area (Å²) in [5, 5.41) is 9.14. The van der Waals surface area contributed by atoms with Crippen molar-refractivity contribution in [1.29, 1.82) is 0 Å². The van der Waals surface area contributed by atoms with Gasteiger partial charge in [0.05, 0.1) is 13.2 Å². The van der Waals surface area contributed by atoms with E-state index in [0.717, 1.165) is 0 Å². The molecule has 0 heterocycles.